The maximum Gasteiger partial charge on any atom is 0.0905 e. The summed E-state index contributed by atoms with van der Waals surface area (Å²) in [5, 5.41) is 0. The molecule has 2 heteroatoms. The van der Waals surface area contributed by atoms with E-state index in [0.29, 0.717) is 5.92 Å². The van der Waals surface area contributed by atoms with Crippen LogP contribution in [0.2, 0.25) is 0 Å². The second kappa shape index (κ2) is 4.02. The van der Waals surface area contributed by atoms with E-state index in [2.05, 4.69) is 24.1 Å². The van der Waals surface area contributed by atoms with E-state index in [0.717, 1.165) is 12.5 Å². The lowest BCUT2D eigenvalue weighted by molar-refractivity contribution is -0.0514. The second-order valence-corrected chi connectivity index (χ2v) is 4.93. The zero-order chi connectivity index (χ0) is 11.0. The number of fused-ring (bicyclic) bond motifs is 2. The molecule has 0 amide bonds. The molecule has 1 aromatic rings. The largest absolute Gasteiger partial charge is 0.373 e. The molecule has 0 unspecified atom stereocenters. The van der Waals surface area contributed by atoms with Crippen LogP contribution >= 0.6 is 0 Å². The molecular formula is C14H17NO. The summed E-state index contributed by atoms with van der Waals surface area (Å²) in [6, 6.07) is 4.12. The number of hydrogen-bond acceptors (Lipinski definition) is 2. The van der Waals surface area contributed by atoms with Crippen LogP contribution in [-0.4, -0.2) is 11.6 Å². The fourth-order valence-corrected chi connectivity index (χ4v) is 2.87. The molecule has 2 heterocycles. The third-order valence-corrected chi connectivity index (χ3v) is 3.84. The van der Waals surface area contributed by atoms with Crippen molar-refractivity contribution in [2.75, 3.05) is 6.61 Å². The van der Waals surface area contributed by atoms with Crippen molar-refractivity contribution < 1.29 is 4.74 Å². The first-order chi connectivity index (χ1) is 7.84. The van der Waals surface area contributed by atoms with Crippen molar-refractivity contribution in [2.24, 2.45) is 11.8 Å². The van der Waals surface area contributed by atoms with Gasteiger partial charge in [-0.05, 0) is 37.3 Å². The van der Waals surface area contributed by atoms with E-state index in [-0.39, 0.29) is 6.10 Å². The third kappa shape index (κ3) is 1.67. The summed E-state index contributed by atoms with van der Waals surface area (Å²) in [6.45, 7) is 3.14. The van der Waals surface area contributed by atoms with Crippen LogP contribution in [0.4, 0.5) is 0 Å². The summed E-state index contributed by atoms with van der Waals surface area (Å²) >= 11 is 0. The number of hydrogen-bond donors (Lipinski definition) is 0. The van der Waals surface area contributed by atoms with Gasteiger partial charge < -0.3 is 4.74 Å². The van der Waals surface area contributed by atoms with E-state index in [1.807, 2.05) is 18.5 Å². The van der Waals surface area contributed by atoms with Crippen molar-refractivity contribution in [1.82, 2.24) is 4.98 Å². The van der Waals surface area contributed by atoms with Crippen LogP contribution in [0.5, 0.6) is 0 Å². The average Bonchev–Trinajstić information content (AvgIpc) is 2.36. The topological polar surface area (TPSA) is 22.1 Å². The Morgan fingerprint density at radius 1 is 1.44 bits per heavy atom. The van der Waals surface area contributed by atoms with Gasteiger partial charge in [0.2, 0.25) is 0 Å². The van der Waals surface area contributed by atoms with Crippen molar-refractivity contribution in [3.8, 4) is 0 Å². The van der Waals surface area contributed by atoms with E-state index in [9.17, 15) is 0 Å². The molecule has 3 rings (SSSR count). The zero-order valence-corrected chi connectivity index (χ0v) is 9.60. The van der Waals surface area contributed by atoms with Crippen molar-refractivity contribution >= 4 is 0 Å². The van der Waals surface area contributed by atoms with Gasteiger partial charge in [0.15, 0.2) is 0 Å². The maximum absolute atomic E-state index is 6.02. The Bertz CT molecular complexity index is 398. The van der Waals surface area contributed by atoms with E-state index >= 15 is 0 Å². The Balaban J connectivity index is 1.91. The number of nitrogens with zero attached hydrogens (tertiary/aromatic N) is 1. The highest BCUT2D eigenvalue weighted by atomic mass is 16.5. The molecule has 0 N–H and O–H groups in total. The lowest BCUT2D eigenvalue weighted by Gasteiger charge is -2.39. The zero-order valence-electron chi connectivity index (χ0n) is 9.60. The summed E-state index contributed by atoms with van der Waals surface area (Å²) in [5.41, 5.74) is 2.71. The van der Waals surface area contributed by atoms with Crippen LogP contribution in [0.25, 0.3) is 0 Å². The Morgan fingerprint density at radius 3 is 3.19 bits per heavy atom. The SMILES string of the molecule is CC1=CC[C@H]2CO[C@H](c3cccnc3)[C@H]1C2. The fourth-order valence-electron chi connectivity index (χ4n) is 2.87. The van der Waals surface area contributed by atoms with Crippen LogP contribution in [0.1, 0.15) is 31.4 Å². The molecule has 1 aliphatic heterocycles. The van der Waals surface area contributed by atoms with Crippen LogP contribution in [0, 0.1) is 11.8 Å². The molecule has 1 aliphatic carbocycles. The first-order valence-corrected chi connectivity index (χ1v) is 6.03. The van der Waals surface area contributed by atoms with Crippen molar-refractivity contribution in [3.63, 3.8) is 0 Å². The monoisotopic (exact) mass is 215 g/mol. The predicted octanol–water partition coefficient (Wildman–Crippen LogP) is 3.13. The van der Waals surface area contributed by atoms with Gasteiger partial charge in [0.05, 0.1) is 12.7 Å². The second-order valence-electron chi connectivity index (χ2n) is 4.93. The van der Waals surface area contributed by atoms with E-state index < -0.39 is 0 Å². The van der Waals surface area contributed by atoms with Gasteiger partial charge in [0, 0.05) is 18.3 Å². The van der Waals surface area contributed by atoms with E-state index in [1.54, 1.807) is 0 Å². The van der Waals surface area contributed by atoms with Crippen LogP contribution in [0.15, 0.2) is 36.2 Å². The van der Waals surface area contributed by atoms with Crippen molar-refractivity contribution in [1.29, 1.82) is 0 Å². The van der Waals surface area contributed by atoms with Gasteiger partial charge in [-0.1, -0.05) is 17.7 Å². The van der Waals surface area contributed by atoms with Crippen LogP contribution < -0.4 is 0 Å². The number of allylic oxidation sites excluding steroid dienone is 1. The summed E-state index contributed by atoms with van der Waals surface area (Å²) in [7, 11) is 0. The normalized spacial score (nSPS) is 33.3. The number of aromatic nitrogens is 1. The first kappa shape index (κ1) is 10.0. The summed E-state index contributed by atoms with van der Waals surface area (Å²) < 4.78 is 6.02. The summed E-state index contributed by atoms with van der Waals surface area (Å²) in [4.78, 5) is 4.19. The lowest BCUT2D eigenvalue weighted by Crippen LogP contribution is -2.32. The fraction of sp³-hybridized carbons (Fsp3) is 0.500. The molecule has 0 saturated carbocycles. The van der Waals surface area contributed by atoms with Gasteiger partial charge in [0.1, 0.15) is 0 Å². The highest BCUT2D eigenvalue weighted by Crippen LogP contribution is 2.43. The van der Waals surface area contributed by atoms with Crippen molar-refractivity contribution in [3.05, 3.63) is 41.7 Å². The summed E-state index contributed by atoms with van der Waals surface area (Å²) in [5.74, 6) is 1.30. The Morgan fingerprint density at radius 2 is 2.38 bits per heavy atom. The van der Waals surface area contributed by atoms with Gasteiger partial charge in [-0.3, -0.25) is 4.98 Å². The molecule has 0 spiro atoms. The minimum absolute atomic E-state index is 0.224. The van der Waals surface area contributed by atoms with Gasteiger partial charge in [-0.25, -0.2) is 0 Å². The van der Waals surface area contributed by atoms with Crippen molar-refractivity contribution in [2.45, 2.75) is 25.9 Å². The molecule has 1 saturated heterocycles. The Hall–Kier alpha value is -1.15. The molecule has 2 nitrogen and oxygen atoms in total. The highest BCUT2D eigenvalue weighted by molar-refractivity contribution is 5.21. The maximum atomic E-state index is 6.02. The molecule has 84 valence electrons. The number of rotatable bonds is 1. The average molecular weight is 215 g/mol. The molecule has 0 radical (unpaired) electrons. The van der Waals surface area contributed by atoms with Gasteiger partial charge in [-0.15, -0.1) is 0 Å². The van der Waals surface area contributed by atoms with Gasteiger partial charge >= 0.3 is 0 Å². The van der Waals surface area contributed by atoms with Gasteiger partial charge in [0.25, 0.3) is 0 Å². The minimum atomic E-state index is 0.224. The smallest absolute Gasteiger partial charge is 0.0905 e. The van der Waals surface area contributed by atoms with Gasteiger partial charge in [-0.2, -0.15) is 0 Å². The lowest BCUT2D eigenvalue weighted by atomic mass is 9.75. The molecule has 1 fully saturated rings. The quantitative estimate of drug-likeness (QED) is 0.671. The minimum Gasteiger partial charge on any atom is -0.373 e. The van der Waals surface area contributed by atoms with E-state index in [4.69, 9.17) is 4.74 Å². The molecular weight excluding hydrogens is 198 g/mol. The summed E-state index contributed by atoms with van der Waals surface area (Å²) in [6.07, 6.45) is 8.85. The number of ether oxygens (including phenoxy) is 1. The van der Waals surface area contributed by atoms with Crippen LogP contribution in [0.3, 0.4) is 0 Å². The molecule has 2 aliphatic rings. The third-order valence-electron chi connectivity index (χ3n) is 3.84. The predicted molar refractivity (Wildman–Crippen MR) is 62.9 cm³/mol. The molecule has 3 atom stereocenters. The Kier molecular flexibility index (Phi) is 2.52. The molecule has 16 heavy (non-hydrogen) atoms. The Labute approximate surface area is 96.3 Å². The standard InChI is InChI=1S/C14H17NO/c1-10-4-5-11-7-13(10)14(16-9-11)12-3-2-6-15-8-12/h2-4,6,8,11,13-14H,5,7,9H2,1H3/t11-,13+,14-/m1/s1. The molecule has 2 bridgehead atoms. The number of pyridine rings is 1. The van der Waals surface area contributed by atoms with E-state index in [1.165, 1.54) is 24.0 Å². The molecule has 0 aromatic carbocycles. The van der Waals surface area contributed by atoms with Crippen LogP contribution in [-0.2, 0) is 4.74 Å². The molecule has 1 aromatic heterocycles. The highest BCUT2D eigenvalue weighted by Gasteiger charge is 2.35. The first-order valence-electron chi connectivity index (χ1n) is 6.03.